The first-order valence-electron chi connectivity index (χ1n) is 10.6. The highest BCUT2D eigenvalue weighted by Crippen LogP contribution is 2.29. The lowest BCUT2D eigenvalue weighted by atomic mass is 9.93. The van der Waals surface area contributed by atoms with Crippen LogP contribution < -0.4 is 4.74 Å². The summed E-state index contributed by atoms with van der Waals surface area (Å²) in [4.78, 5) is 30.3. The molecule has 1 aliphatic rings. The number of aromatic nitrogens is 1. The lowest BCUT2D eigenvalue weighted by Crippen LogP contribution is -2.41. The van der Waals surface area contributed by atoms with Gasteiger partial charge in [-0.2, -0.15) is 0 Å². The molecule has 1 fully saturated rings. The van der Waals surface area contributed by atoms with Gasteiger partial charge in [0.1, 0.15) is 12.2 Å². The van der Waals surface area contributed by atoms with Crippen LogP contribution >= 0.6 is 11.6 Å². The van der Waals surface area contributed by atoms with E-state index in [9.17, 15) is 9.59 Å². The van der Waals surface area contributed by atoms with E-state index in [1.54, 1.807) is 29.2 Å². The molecule has 8 heteroatoms. The molecule has 3 rings (SSSR count). The second-order valence-corrected chi connectivity index (χ2v) is 9.14. The normalized spacial score (nSPS) is 14.7. The average Bonchev–Trinajstić information content (AvgIpc) is 2.77. The minimum Gasteiger partial charge on any atom is -0.473 e. The molecule has 0 atom stereocenters. The minimum atomic E-state index is -0.496. The van der Waals surface area contributed by atoms with E-state index < -0.39 is 11.6 Å². The third kappa shape index (κ3) is 6.36. The number of esters is 1. The summed E-state index contributed by atoms with van der Waals surface area (Å²) in [5, 5.41) is 0.429. The largest absolute Gasteiger partial charge is 0.473 e. The van der Waals surface area contributed by atoms with Gasteiger partial charge in [0.05, 0.1) is 12.7 Å². The van der Waals surface area contributed by atoms with Crippen LogP contribution in [-0.4, -0.2) is 47.7 Å². The van der Waals surface area contributed by atoms with E-state index in [-0.39, 0.29) is 18.6 Å². The maximum absolute atomic E-state index is 12.3. The Morgan fingerprint density at radius 2 is 1.88 bits per heavy atom. The van der Waals surface area contributed by atoms with Gasteiger partial charge in [0, 0.05) is 41.4 Å². The first kappa shape index (κ1) is 23.9. The topological polar surface area (TPSA) is 78.0 Å². The Morgan fingerprint density at radius 1 is 1.16 bits per heavy atom. The molecular weight excluding hydrogens is 432 g/mol. The molecule has 172 valence electrons. The third-order valence-corrected chi connectivity index (χ3v) is 5.51. The van der Waals surface area contributed by atoms with Crippen molar-refractivity contribution in [1.29, 1.82) is 0 Å². The van der Waals surface area contributed by atoms with Crippen LogP contribution in [0.3, 0.4) is 0 Å². The van der Waals surface area contributed by atoms with Crippen LogP contribution in [-0.2, 0) is 16.1 Å². The molecule has 2 heterocycles. The van der Waals surface area contributed by atoms with Crippen molar-refractivity contribution in [2.45, 2.75) is 51.7 Å². The zero-order valence-electron chi connectivity index (χ0n) is 18.9. The summed E-state index contributed by atoms with van der Waals surface area (Å²) in [6, 6.07) is 10.7. The predicted octanol–water partition coefficient (Wildman–Crippen LogP) is 5.22. The number of amides is 1. The quantitative estimate of drug-likeness (QED) is 0.569. The second kappa shape index (κ2) is 10.2. The highest BCUT2D eigenvalue weighted by Gasteiger charge is 2.28. The zero-order chi connectivity index (χ0) is 23.3. The van der Waals surface area contributed by atoms with Gasteiger partial charge in [-0.05, 0) is 51.8 Å². The van der Waals surface area contributed by atoms with Gasteiger partial charge in [0.25, 0.3) is 0 Å². The highest BCUT2D eigenvalue weighted by molar-refractivity contribution is 6.31. The SMILES string of the molecule is COC(=O)c1ccc(COc2cccc(C3CCN(C(=O)OC(C)(C)C)CC3)n2)c(Cl)c1. The van der Waals surface area contributed by atoms with Gasteiger partial charge >= 0.3 is 12.1 Å². The molecule has 0 aliphatic carbocycles. The molecule has 0 unspecified atom stereocenters. The van der Waals surface area contributed by atoms with Crippen LogP contribution in [0.1, 0.15) is 61.1 Å². The van der Waals surface area contributed by atoms with Crippen molar-refractivity contribution in [3.8, 4) is 5.88 Å². The van der Waals surface area contributed by atoms with Crippen LogP contribution in [0.25, 0.3) is 0 Å². The van der Waals surface area contributed by atoms with Crippen LogP contribution in [0.15, 0.2) is 36.4 Å². The molecule has 1 amide bonds. The van der Waals surface area contributed by atoms with E-state index in [1.807, 2.05) is 32.9 Å². The standard InChI is InChI=1S/C24H29ClN2O5/c1-24(2,3)32-23(29)27-12-10-16(11-13-27)20-6-5-7-21(26-20)31-15-18-9-8-17(14-19(18)25)22(28)30-4/h5-9,14,16H,10-13,15H2,1-4H3. The molecule has 0 bridgehead atoms. The third-order valence-electron chi connectivity index (χ3n) is 5.16. The Labute approximate surface area is 193 Å². The van der Waals surface area contributed by atoms with Crippen molar-refractivity contribution in [2.24, 2.45) is 0 Å². The summed E-state index contributed by atoms with van der Waals surface area (Å²) in [7, 11) is 1.33. The molecule has 1 aliphatic heterocycles. The van der Waals surface area contributed by atoms with Gasteiger partial charge < -0.3 is 19.1 Å². The lowest BCUT2D eigenvalue weighted by molar-refractivity contribution is 0.0203. The number of nitrogens with zero attached hydrogens (tertiary/aromatic N) is 2. The first-order chi connectivity index (χ1) is 15.2. The van der Waals surface area contributed by atoms with Crippen molar-refractivity contribution < 1.29 is 23.8 Å². The second-order valence-electron chi connectivity index (χ2n) is 8.73. The number of ether oxygens (including phenoxy) is 3. The van der Waals surface area contributed by atoms with Gasteiger partial charge in [-0.1, -0.05) is 23.7 Å². The molecule has 0 N–H and O–H groups in total. The number of rotatable bonds is 5. The molecule has 7 nitrogen and oxygen atoms in total. The molecule has 0 saturated carbocycles. The molecular formula is C24H29ClN2O5. The van der Waals surface area contributed by atoms with Crippen LogP contribution in [0.5, 0.6) is 5.88 Å². The molecule has 2 aromatic rings. The number of pyridine rings is 1. The van der Waals surface area contributed by atoms with E-state index in [0.29, 0.717) is 29.6 Å². The lowest BCUT2D eigenvalue weighted by Gasteiger charge is -2.33. The fourth-order valence-corrected chi connectivity index (χ4v) is 3.72. The Bertz CT molecular complexity index is 965. The molecule has 1 aromatic heterocycles. The number of methoxy groups -OCH3 is 1. The Hall–Kier alpha value is -2.80. The molecule has 0 radical (unpaired) electrons. The predicted molar refractivity (Wildman–Crippen MR) is 121 cm³/mol. The number of halogens is 1. The van der Waals surface area contributed by atoms with Gasteiger partial charge in [-0.3, -0.25) is 0 Å². The number of benzene rings is 1. The zero-order valence-corrected chi connectivity index (χ0v) is 19.6. The molecule has 1 saturated heterocycles. The van der Waals surface area contributed by atoms with E-state index in [4.69, 9.17) is 25.8 Å². The van der Waals surface area contributed by atoms with Crippen LogP contribution in [0.4, 0.5) is 4.79 Å². The van der Waals surface area contributed by atoms with Gasteiger partial charge in [0.15, 0.2) is 0 Å². The van der Waals surface area contributed by atoms with E-state index in [2.05, 4.69) is 4.98 Å². The van der Waals surface area contributed by atoms with Crippen LogP contribution in [0, 0.1) is 0 Å². The maximum Gasteiger partial charge on any atom is 0.410 e. The Balaban J connectivity index is 1.57. The summed E-state index contributed by atoms with van der Waals surface area (Å²) in [5.41, 5.74) is 1.58. The Morgan fingerprint density at radius 3 is 2.50 bits per heavy atom. The fourth-order valence-electron chi connectivity index (χ4n) is 3.48. The fraction of sp³-hybridized carbons (Fsp3) is 0.458. The van der Waals surface area contributed by atoms with E-state index in [0.717, 1.165) is 24.1 Å². The van der Waals surface area contributed by atoms with Gasteiger partial charge in [0.2, 0.25) is 5.88 Å². The first-order valence-corrected chi connectivity index (χ1v) is 11.0. The monoisotopic (exact) mass is 460 g/mol. The number of piperidine rings is 1. The Kier molecular flexibility index (Phi) is 7.61. The smallest absolute Gasteiger partial charge is 0.410 e. The van der Waals surface area contributed by atoms with Crippen molar-refractivity contribution in [2.75, 3.05) is 20.2 Å². The summed E-state index contributed by atoms with van der Waals surface area (Å²) in [6.45, 7) is 7.10. The highest BCUT2D eigenvalue weighted by atomic mass is 35.5. The van der Waals surface area contributed by atoms with Crippen molar-refractivity contribution >= 4 is 23.7 Å². The minimum absolute atomic E-state index is 0.230. The summed E-state index contributed by atoms with van der Waals surface area (Å²) >= 11 is 6.28. The summed E-state index contributed by atoms with van der Waals surface area (Å²) in [5.74, 6) is 0.316. The van der Waals surface area contributed by atoms with E-state index in [1.165, 1.54) is 7.11 Å². The van der Waals surface area contributed by atoms with Crippen molar-refractivity contribution in [3.05, 3.63) is 58.2 Å². The molecule has 32 heavy (non-hydrogen) atoms. The number of hydrogen-bond donors (Lipinski definition) is 0. The summed E-state index contributed by atoms with van der Waals surface area (Å²) < 4.78 is 16.0. The van der Waals surface area contributed by atoms with E-state index >= 15 is 0 Å². The summed E-state index contributed by atoms with van der Waals surface area (Å²) in [6.07, 6.45) is 1.36. The number of carbonyl (C=O) groups is 2. The van der Waals surface area contributed by atoms with Crippen molar-refractivity contribution in [1.82, 2.24) is 9.88 Å². The molecule has 1 aromatic carbocycles. The average molecular weight is 461 g/mol. The van der Waals surface area contributed by atoms with Crippen molar-refractivity contribution in [3.63, 3.8) is 0 Å². The maximum atomic E-state index is 12.3. The van der Waals surface area contributed by atoms with Gasteiger partial charge in [-0.15, -0.1) is 0 Å². The number of carbonyl (C=O) groups excluding carboxylic acids is 2. The number of likely N-dealkylation sites (tertiary alicyclic amines) is 1. The van der Waals surface area contributed by atoms with Crippen LogP contribution in [0.2, 0.25) is 5.02 Å². The molecule has 0 spiro atoms. The number of hydrogen-bond acceptors (Lipinski definition) is 6. The van der Waals surface area contributed by atoms with Gasteiger partial charge in [-0.25, -0.2) is 14.6 Å².